The zero-order valence-corrected chi connectivity index (χ0v) is 28.1. The molecule has 1 heterocycles. The highest BCUT2D eigenvalue weighted by atomic mass is 16.5. The Morgan fingerprint density at radius 2 is 1.23 bits per heavy atom. The molecule has 1 saturated carbocycles. The normalized spacial score (nSPS) is 14.0. The smallest absolute Gasteiger partial charge is 0.164 e. The quantitative estimate of drug-likeness (QED) is 0.270. The molecule has 2 aliphatic rings. The number of terminal acetylenes is 2. The van der Waals surface area contributed by atoms with Crippen LogP contribution in [0.1, 0.15) is 108 Å². The number of Topliss-reactive ketones (excluding diaryl/α,β-unsaturated/α-hetero) is 2. The van der Waals surface area contributed by atoms with Gasteiger partial charge >= 0.3 is 0 Å². The first kappa shape index (κ1) is 42.0. The molecule has 4 nitrogen and oxygen atoms in total. The molecule has 1 aliphatic heterocycles. The van der Waals surface area contributed by atoms with E-state index in [0.29, 0.717) is 19.0 Å². The van der Waals surface area contributed by atoms with Crippen molar-refractivity contribution in [1.82, 2.24) is 0 Å². The lowest BCUT2D eigenvalue weighted by Gasteiger charge is -2.31. The van der Waals surface area contributed by atoms with Crippen molar-refractivity contribution in [2.24, 2.45) is 5.41 Å². The van der Waals surface area contributed by atoms with Gasteiger partial charge < -0.3 is 9.84 Å². The van der Waals surface area contributed by atoms with Crippen LogP contribution in [0, 0.1) is 50.9 Å². The summed E-state index contributed by atoms with van der Waals surface area (Å²) >= 11 is 0. The van der Waals surface area contributed by atoms with E-state index in [2.05, 4.69) is 101 Å². The number of hydrogen-bond donors (Lipinski definition) is 1. The van der Waals surface area contributed by atoms with Gasteiger partial charge in [0.15, 0.2) is 5.78 Å². The number of unbranched alkanes of at least 4 members (excludes halogenated alkanes) is 2. The van der Waals surface area contributed by atoms with E-state index in [0.717, 1.165) is 38.5 Å². The van der Waals surface area contributed by atoms with Crippen LogP contribution in [0.15, 0.2) is 48.5 Å². The molecular weight excluding hydrogens is 532 g/mol. The zero-order valence-electron chi connectivity index (χ0n) is 28.1. The summed E-state index contributed by atoms with van der Waals surface area (Å²) in [6, 6.07) is 17.4. The molecule has 2 aromatic rings. The van der Waals surface area contributed by atoms with Crippen LogP contribution in [0.5, 0.6) is 0 Å². The molecular formula is C39H58O4. The van der Waals surface area contributed by atoms with Crippen LogP contribution in [0.4, 0.5) is 0 Å². The highest BCUT2D eigenvalue weighted by Crippen LogP contribution is 2.30. The standard InChI is InChI=1S/C12H18.C8H14O3.C8H10.C5H8O.2C3H4/c1-3-4-5-6-12-9-7-11(2)8-10-12;1-8(7(10)6-9)2-4-11-5-3-8;1-7-3-5-8(2)6-4-7;6-5-3-1-2-4-5;2*1-3-2/h7-10H,3-6H2,1-2H3;9H,2-6H2,1H3;3-6H,1-2H3;1-4H2;2*1H,2H3. The molecule has 1 aliphatic carbocycles. The predicted molar refractivity (Wildman–Crippen MR) is 183 cm³/mol. The molecule has 0 spiro atoms. The van der Waals surface area contributed by atoms with Crippen LogP contribution in [0.2, 0.25) is 0 Å². The second kappa shape index (κ2) is 27.6. The number of carbonyl (C=O) groups is 2. The average molecular weight is 591 g/mol. The molecule has 0 atom stereocenters. The number of aliphatic hydroxyl groups is 1. The lowest BCUT2D eigenvalue weighted by atomic mass is 9.79. The van der Waals surface area contributed by atoms with Gasteiger partial charge in [-0.05, 0) is 78.7 Å². The van der Waals surface area contributed by atoms with Crippen molar-refractivity contribution >= 4 is 11.6 Å². The lowest BCUT2D eigenvalue weighted by Crippen LogP contribution is -2.36. The summed E-state index contributed by atoms with van der Waals surface area (Å²) < 4.78 is 5.13. The number of aliphatic hydroxyl groups excluding tert-OH is 1. The van der Waals surface area contributed by atoms with E-state index < -0.39 is 0 Å². The fraction of sp³-hybridized carbons (Fsp3) is 0.538. The first-order chi connectivity index (χ1) is 20.5. The minimum absolute atomic E-state index is 0.0548. The molecule has 0 aromatic heterocycles. The van der Waals surface area contributed by atoms with Crippen LogP contribution in [0.25, 0.3) is 0 Å². The number of ketones is 2. The summed E-state index contributed by atoms with van der Waals surface area (Å²) in [5.41, 5.74) is 5.17. The molecule has 43 heavy (non-hydrogen) atoms. The van der Waals surface area contributed by atoms with Gasteiger partial charge in [0.2, 0.25) is 0 Å². The second-order valence-electron chi connectivity index (χ2n) is 11.2. The van der Waals surface area contributed by atoms with Gasteiger partial charge in [0.1, 0.15) is 12.4 Å². The fourth-order valence-electron chi connectivity index (χ4n) is 4.03. The summed E-state index contributed by atoms with van der Waals surface area (Å²) in [5.74, 6) is 4.90. The first-order valence-corrected chi connectivity index (χ1v) is 15.6. The largest absolute Gasteiger partial charge is 0.389 e. The molecule has 2 aromatic carbocycles. The molecule has 0 radical (unpaired) electrons. The third-order valence-corrected chi connectivity index (χ3v) is 6.98. The van der Waals surface area contributed by atoms with Gasteiger partial charge in [0.05, 0.1) is 0 Å². The van der Waals surface area contributed by atoms with Gasteiger partial charge in [-0.1, -0.05) is 91.9 Å². The SMILES string of the molecule is C#CC.C#CC.CC1(C(=O)CO)CCOCC1.CCCCCc1ccc(C)cc1.Cc1ccc(C)cc1.O=C1CCCC1. The Morgan fingerprint density at radius 1 is 0.837 bits per heavy atom. The van der Waals surface area contributed by atoms with Crippen molar-refractivity contribution in [2.45, 2.75) is 113 Å². The van der Waals surface area contributed by atoms with Gasteiger partial charge in [-0.3, -0.25) is 9.59 Å². The van der Waals surface area contributed by atoms with Crippen LogP contribution in [0.3, 0.4) is 0 Å². The minimum atomic E-state index is -0.337. The number of benzene rings is 2. The Kier molecular flexibility index (Phi) is 27.0. The monoisotopic (exact) mass is 590 g/mol. The topological polar surface area (TPSA) is 63.6 Å². The molecule has 238 valence electrons. The number of ether oxygens (including phenoxy) is 1. The van der Waals surface area contributed by atoms with E-state index in [1.54, 1.807) is 13.8 Å². The maximum atomic E-state index is 11.2. The highest BCUT2D eigenvalue weighted by Gasteiger charge is 2.33. The Bertz CT molecular complexity index is 1010. The van der Waals surface area contributed by atoms with Crippen molar-refractivity contribution in [3.8, 4) is 24.7 Å². The summed E-state index contributed by atoms with van der Waals surface area (Å²) in [6.45, 7) is 14.7. The Hall–Kier alpha value is -3.18. The van der Waals surface area contributed by atoms with Gasteiger partial charge in [0.25, 0.3) is 0 Å². The second-order valence-corrected chi connectivity index (χ2v) is 11.2. The highest BCUT2D eigenvalue weighted by molar-refractivity contribution is 5.85. The van der Waals surface area contributed by atoms with E-state index >= 15 is 0 Å². The summed E-state index contributed by atoms with van der Waals surface area (Å²) in [4.78, 5) is 21.4. The maximum Gasteiger partial charge on any atom is 0.164 e. The van der Waals surface area contributed by atoms with Gasteiger partial charge in [-0.15, -0.1) is 24.7 Å². The van der Waals surface area contributed by atoms with E-state index in [1.807, 2.05) is 6.92 Å². The van der Waals surface area contributed by atoms with E-state index in [-0.39, 0.29) is 17.8 Å². The molecule has 1 saturated heterocycles. The van der Waals surface area contributed by atoms with Crippen molar-refractivity contribution in [2.75, 3.05) is 19.8 Å². The molecule has 0 amide bonds. The summed E-state index contributed by atoms with van der Waals surface area (Å²) in [5, 5.41) is 8.66. The molecule has 1 N–H and O–H groups in total. The number of hydrogen-bond acceptors (Lipinski definition) is 4. The fourth-order valence-corrected chi connectivity index (χ4v) is 4.03. The number of carbonyl (C=O) groups excluding carboxylic acids is 2. The Morgan fingerprint density at radius 3 is 1.56 bits per heavy atom. The first-order valence-electron chi connectivity index (χ1n) is 15.6. The molecule has 2 fully saturated rings. The summed E-state index contributed by atoms with van der Waals surface area (Å²) in [7, 11) is 0. The molecule has 4 rings (SSSR count). The third kappa shape index (κ3) is 24.0. The van der Waals surface area contributed by atoms with Crippen molar-refractivity contribution in [3.05, 3.63) is 70.8 Å². The van der Waals surface area contributed by atoms with Crippen molar-refractivity contribution in [3.63, 3.8) is 0 Å². The van der Waals surface area contributed by atoms with Gasteiger partial charge in [-0.25, -0.2) is 0 Å². The van der Waals surface area contributed by atoms with E-state index in [9.17, 15) is 9.59 Å². The molecule has 4 heteroatoms. The summed E-state index contributed by atoms with van der Waals surface area (Å²) in [6.07, 6.45) is 19.9. The van der Waals surface area contributed by atoms with Crippen LogP contribution in [-0.2, 0) is 20.7 Å². The Balaban J connectivity index is 0. The van der Waals surface area contributed by atoms with Crippen molar-refractivity contribution in [1.29, 1.82) is 0 Å². The van der Waals surface area contributed by atoms with E-state index in [4.69, 9.17) is 9.84 Å². The molecule has 0 bridgehead atoms. The van der Waals surface area contributed by atoms with Crippen LogP contribution >= 0.6 is 0 Å². The van der Waals surface area contributed by atoms with Crippen molar-refractivity contribution < 1.29 is 19.4 Å². The predicted octanol–water partition coefficient (Wildman–Crippen LogP) is 8.80. The lowest BCUT2D eigenvalue weighted by molar-refractivity contribution is -0.135. The zero-order chi connectivity index (χ0) is 32.9. The maximum absolute atomic E-state index is 11.2. The van der Waals surface area contributed by atoms with Gasteiger partial charge in [0, 0.05) is 31.5 Å². The van der Waals surface area contributed by atoms with E-state index in [1.165, 1.54) is 47.9 Å². The number of rotatable bonds is 6. The average Bonchev–Trinajstić information content (AvgIpc) is 3.48. The minimum Gasteiger partial charge on any atom is -0.389 e. The van der Waals surface area contributed by atoms with Crippen LogP contribution in [-0.4, -0.2) is 36.5 Å². The third-order valence-electron chi connectivity index (χ3n) is 6.98. The van der Waals surface area contributed by atoms with Crippen LogP contribution < -0.4 is 0 Å². The molecule has 0 unspecified atom stereocenters. The number of aryl methyl sites for hydroxylation is 4. The van der Waals surface area contributed by atoms with Gasteiger partial charge in [-0.2, -0.15) is 0 Å². The Labute approximate surface area is 264 Å².